The Bertz CT molecular complexity index is 704. The number of anilines is 2. The summed E-state index contributed by atoms with van der Waals surface area (Å²) in [6.45, 7) is 3.75. The van der Waals surface area contributed by atoms with Gasteiger partial charge in [0.05, 0.1) is 6.54 Å². The van der Waals surface area contributed by atoms with Gasteiger partial charge in [-0.1, -0.05) is 30.0 Å². The van der Waals surface area contributed by atoms with E-state index in [1.54, 1.807) is 24.3 Å². The molecule has 4 nitrogen and oxygen atoms in total. The number of benzene rings is 2. The SMILES string of the molecule is O=C(CN1CCN(c2ccccc2)CC1)Nc1ccc(SC(F)F)cc1. The molecular formula is C19H21F2N3OS. The van der Waals surface area contributed by atoms with Crippen molar-refractivity contribution in [1.82, 2.24) is 4.90 Å². The van der Waals surface area contributed by atoms with Crippen LogP contribution in [-0.4, -0.2) is 49.3 Å². The first-order valence-electron chi connectivity index (χ1n) is 8.47. The van der Waals surface area contributed by atoms with Crippen molar-refractivity contribution in [3.63, 3.8) is 0 Å². The lowest BCUT2D eigenvalue weighted by atomic mass is 10.2. The molecule has 0 aliphatic carbocycles. The Labute approximate surface area is 156 Å². The van der Waals surface area contributed by atoms with Crippen molar-refractivity contribution >= 4 is 29.0 Å². The number of nitrogens with zero attached hydrogens (tertiary/aromatic N) is 2. The van der Waals surface area contributed by atoms with Crippen molar-refractivity contribution < 1.29 is 13.6 Å². The molecule has 1 N–H and O–H groups in total. The molecule has 1 aliphatic rings. The minimum atomic E-state index is -2.44. The first kappa shape index (κ1) is 18.7. The van der Waals surface area contributed by atoms with E-state index in [1.807, 2.05) is 18.2 Å². The number of hydrogen-bond donors (Lipinski definition) is 1. The number of alkyl halides is 2. The van der Waals surface area contributed by atoms with Crippen LogP contribution in [0.1, 0.15) is 0 Å². The van der Waals surface area contributed by atoms with Gasteiger partial charge >= 0.3 is 0 Å². The predicted octanol–water partition coefficient (Wildman–Crippen LogP) is 3.76. The Balaban J connectivity index is 1.44. The van der Waals surface area contributed by atoms with Gasteiger partial charge < -0.3 is 10.2 Å². The lowest BCUT2D eigenvalue weighted by molar-refractivity contribution is -0.117. The number of carbonyl (C=O) groups excluding carboxylic acids is 1. The molecule has 1 aliphatic heterocycles. The molecule has 26 heavy (non-hydrogen) atoms. The summed E-state index contributed by atoms with van der Waals surface area (Å²) in [7, 11) is 0. The van der Waals surface area contributed by atoms with Gasteiger partial charge in [-0.15, -0.1) is 0 Å². The minimum absolute atomic E-state index is 0.0903. The Morgan fingerprint density at radius 1 is 1.00 bits per heavy atom. The lowest BCUT2D eigenvalue weighted by Gasteiger charge is -2.35. The predicted molar refractivity (Wildman–Crippen MR) is 102 cm³/mol. The third kappa shape index (κ3) is 5.44. The maximum atomic E-state index is 12.3. The number of nitrogens with one attached hydrogen (secondary N) is 1. The molecule has 0 unspecified atom stereocenters. The topological polar surface area (TPSA) is 35.6 Å². The number of carbonyl (C=O) groups is 1. The Morgan fingerprint density at radius 2 is 1.65 bits per heavy atom. The van der Waals surface area contributed by atoms with Gasteiger partial charge in [0.15, 0.2) is 0 Å². The zero-order chi connectivity index (χ0) is 18.4. The number of rotatable bonds is 6. The summed E-state index contributed by atoms with van der Waals surface area (Å²) < 4.78 is 24.6. The third-order valence-corrected chi connectivity index (χ3v) is 4.95. The van der Waals surface area contributed by atoms with E-state index in [-0.39, 0.29) is 5.91 Å². The quantitative estimate of drug-likeness (QED) is 0.778. The summed E-state index contributed by atoms with van der Waals surface area (Å²) in [6.07, 6.45) is 0. The van der Waals surface area contributed by atoms with Crippen LogP contribution in [0.4, 0.5) is 20.2 Å². The zero-order valence-electron chi connectivity index (χ0n) is 14.3. The minimum Gasteiger partial charge on any atom is -0.369 e. The molecule has 0 radical (unpaired) electrons. The molecule has 2 aromatic rings. The molecule has 0 bridgehead atoms. The fourth-order valence-electron chi connectivity index (χ4n) is 2.93. The van der Waals surface area contributed by atoms with E-state index in [4.69, 9.17) is 0 Å². The first-order valence-corrected chi connectivity index (χ1v) is 9.35. The molecule has 1 saturated heterocycles. The number of para-hydroxylation sites is 1. The van der Waals surface area contributed by atoms with Crippen LogP contribution in [0.3, 0.4) is 0 Å². The van der Waals surface area contributed by atoms with Crippen LogP contribution in [0.15, 0.2) is 59.5 Å². The van der Waals surface area contributed by atoms with Gasteiger partial charge in [-0.25, -0.2) is 0 Å². The zero-order valence-corrected chi connectivity index (χ0v) is 15.1. The van der Waals surface area contributed by atoms with Crippen LogP contribution in [-0.2, 0) is 4.79 Å². The third-order valence-electron chi connectivity index (χ3n) is 4.22. The first-order chi connectivity index (χ1) is 12.6. The highest BCUT2D eigenvalue weighted by atomic mass is 32.2. The maximum absolute atomic E-state index is 12.3. The van der Waals surface area contributed by atoms with E-state index < -0.39 is 5.76 Å². The largest absolute Gasteiger partial charge is 0.369 e. The molecule has 1 fully saturated rings. The maximum Gasteiger partial charge on any atom is 0.288 e. The highest BCUT2D eigenvalue weighted by molar-refractivity contribution is 7.99. The van der Waals surface area contributed by atoms with Gasteiger partial charge in [0.2, 0.25) is 5.91 Å². The fourth-order valence-corrected chi connectivity index (χ4v) is 3.43. The van der Waals surface area contributed by atoms with E-state index in [9.17, 15) is 13.6 Å². The van der Waals surface area contributed by atoms with Crippen LogP contribution in [0.5, 0.6) is 0 Å². The fraction of sp³-hybridized carbons (Fsp3) is 0.316. The Hall–Kier alpha value is -2.12. The lowest BCUT2D eigenvalue weighted by Crippen LogP contribution is -2.48. The smallest absolute Gasteiger partial charge is 0.288 e. The van der Waals surface area contributed by atoms with Gasteiger partial charge in [-0.3, -0.25) is 9.69 Å². The summed E-state index contributed by atoms with van der Waals surface area (Å²) in [5, 5.41) is 2.82. The van der Waals surface area contributed by atoms with Gasteiger partial charge in [-0.05, 0) is 36.4 Å². The normalized spacial score (nSPS) is 15.3. The van der Waals surface area contributed by atoms with E-state index in [1.165, 1.54) is 5.69 Å². The van der Waals surface area contributed by atoms with E-state index in [2.05, 4.69) is 27.2 Å². The molecular weight excluding hydrogens is 356 g/mol. The summed E-state index contributed by atoms with van der Waals surface area (Å²) in [6, 6.07) is 16.7. The van der Waals surface area contributed by atoms with E-state index in [0.29, 0.717) is 28.9 Å². The molecule has 7 heteroatoms. The molecule has 0 aromatic heterocycles. The second-order valence-electron chi connectivity index (χ2n) is 6.05. The number of halogens is 2. The summed E-state index contributed by atoms with van der Waals surface area (Å²) in [4.78, 5) is 17.1. The highest BCUT2D eigenvalue weighted by Crippen LogP contribution is 2.26. The molecule has 1 amide bonds. The van der Waals surface area contributed by atoms with Gasteiger partial charge in [0.1, 0.15) is 0 Å². The highest BCUT2D eigenvalue weighted by Gasteiger charge is 2.19. The Kier molecular flexibility index (Phi) is 6.46. The number of amides is 1. The van der Waals surface area contributed by atoms with Crippen LogP contribution < -0.4 is 10.2 Å². The van der Waals surface area contributed by atoms with Gasteiger partial charge in [-0.2, -0.15) is 8.78 Å². The van der Waals surface area contributed by atoms with E-state index in [0.717, 1.165) is 26.2 Å². The van der Waals surface area contributed by atoms with Crippen LogP contribution in [0.2, 0.25) is 0 Å². The molecule has 0 saturated carbocycles. The van der Waals surface area contributed by atoms with Crippen molar-refractivity contribution in [1.29, 1.82) is 0 Å². The second-order valence-corrected chi connectivity index (χ2v) is 7.11. The van der Waals surface area contributed by atoms with Crippen molar-refractivity contribution in [3.05, 3.63) is 54.6 Å². The van der Waals surface area contributed by atoms with Crippen molar-refractivity contribution in [2.75, 3.05) is 42.9 Å². The molecule has 0 spiro atoms. The summed E-state index contributed by atoms with van der Waals surface area (Å²) in [5.74, 6) is -2.53. The molecule has 138 valence electrons. The molecule has 0 atom stereocenters. The summed E-state index contributed by atoms with van der Waals surface area (Å²) in [5.41, 5.74) is 1.83. The second kappa shape index (κ2) is 9.00. The average molecular weight is 377 g/mol. The van der Waals surface area contributed by atoms with E-state index >= 15 is 0 Å². The molecule has 2 aromatic carbocycles. The monoisotopic (exact) mass is 377 g/mol. The van der Waals surface area contributed by atoms with Gasteiger partial charge in [0, 0.05) is 42.4 Å². The number of piperazine rings is 1. The number of thioether (sulfide) groups is 1. The summed E-state index contributed by atoms with van der Waals surface area (Å²) >= 11 is 0.494. The molecule has 1 heterocycles. The average Bonchev–Trinajstić information content (AvgIpc) is 2.64. The standard InChI is InChI=1S/C19H21F2N3OS/c20-19(21)26-17-8-6-15(7-9-17)22-18(25)14-23-10-12-24(13-11-23)16-4-2-1-3-5-16/h1-9,19H,10-14H2,(H,22,25). The van der Waals surface area contributed by atoms with Crippen molar-refractivity contribution in [2.45, 2.75) is 10.7 Å². The van der Waals surface area contributed by atoms with Crippen LogP contribution in [0.25, 0.3) is 0 Å². The molecule has 3 rings (SSSR count). The van der Waals surface area contributed by atoms with Crippen molar-refractivity contribution in [2.24, 2.45) is 0 Å². The Morgan fingerprint density at radius 3 is 2.27 bits per heavy atom. The van der Waals surface area contributed by atoms with Crippen molar-refractivity contribution in [3.8, 4) is 0 Å². The number of hydrogen-bond acceptors (Lipinski definition) is 4. The van der Waals surface area contributed by atoms with Crippen LogP contribution in [0, 0.1) is 0 Å². The van der Waals surface area contributed by atoms with Gasteiger partial charge in [0.25, 0.3) is 5.76 Å². The van der Waals surface area contributed by atoms with Crippen LogP contribution >= 0.6 is 11.8 Å².